The Balaban J connectivity index is 2.21. The van der Waals surface area contributed by atoms with Crippen LogP contribution in [0.4, 0.5) is 13.2 Å². The molecular weight excluding hydrogens is 516 g/mol. The molecule has 0 aliphatic carbocycles. The van der Waals surface area contributed by atoms with E-state index in [4.69, 9.17) is 25.2 Å². The Labute approximate surface area is 177 Å². The van der Waals surface area contributed by atoms with Crippen molar-refractivity contribution < 1.29 is 69.4 Å². The molecule has 1 saturated heterocycles. The van der Waals surface area contributed by atoms with Gasteiger partial charge in [0.1, 0.15) is 17.8 Å². The fraction of sp³-hybridized carbons (Fsp3) is 0.545. The third-order valence-electron chi connectivity index (χ3n) is 3.89. The molecule has 0 aromatic rings. The van der Waals surface area contributed by atoms with Crippen LogP contribution in [0.15, 0.2) is 29.7 Å². The lowest BCUT2D eigenvalue weighted by molar-refractivity contribution is -0.195. The summed E-state index contributed by atoms with van der Waals surface area (Å²) in [6, 6.07) is 0. The minimum atomic E-state index is -5.94. The van der Waals surface area contributed by atoms with Gasteiger partial charge in [0.25, 0.3) is 6.43 Å². The third-order valence-corrected chi connectivity index (χ3v) is 7.67. The number of phosphoric ester groups is 1. The summed E-state index contributed by atoms with van der Waals surface area (Å²) in [5.41, 5.74) is 2.10. The molecule has 0 amide bonds. The number of hydrogen-bond donors (Lipinski definition) is 6. The van der Waals surface area contributed by atoms with Crippen molar-refractivity contribution in [2.24, 2.45) is 10.7 Å². The number of nitrogens with zero attached hydrogens (tertiary/aromatic N) is 2. The number of ether oxygens (including phenoxy) is 1. The van der Waals surface area contributed by atoms with Gasteiger partial charge in [-0.1, -0.05) is 6.58 Å². The maximum Gasteiger partial charge on any atom is 0.490 e. The van der Waals surface area contributed by atoms with Crippen LogP contribution in [0.2, 0.25) is 0 Å². The zero-order valence-corrected chi connectivity index (χ0v) is 18.1. The van der Waals surface area contributed by atoms with Crippen molar-refractivity contribution in [1.82, 2.24) is 4.90 Å². The molecule has 0 saturated carbocycles. The van der Waals surface area contributed by atoms with E-state index < -0.39 is 60.6 Å². The van der Waals surface area contributed by atoms with E-state index in [1.165, 1.54) is 0 Å². The molecule has 1 fully saturated rings. The molecule has 2 aliphatic rings. The summed E-state index contributed by atoms with van der Waals surface area (Å²) in [4.78, 5) is 39.9. The van der Waals surface area contributed by atoms with Crippen molar-refractivity contribution in [3.63, 3.8) is 0 Å². The highest BCUT2D eigenvalue weighted by Gasteiger charge is 2.63. The van der Waals surface area contributed by atoms with Crippen molar-refractivity contribution in [3.05, 3.63) is 24.7 Å². The number of hydrogen-bond acceptors (Lipinski definition) is 11. The highest BCUT2D eigenvalue weighted by molar-refractivity contribution is 7.66. The summed E-state index contributed by atoms with van der Waals surface area (Å²) in [6.45, 7) is 1.63. The minimum Gasteiger partial charge on any atom is -0.387 e. The van der Waals surface area contributed by atoms with Gasteiger partial charge in [-0.2, -0.15) is 8.62 Å². The molecule has 2 aliphatic heterocycles. The Morgan fingerprint density at radius 1 is 1.25 bits per heavy atom. The number of amidine groups is 1. The molecule has 2 unspecified atom stereocenters. The fourth-order valence-corrected chi connectivity index (χ4v) is 5.62. The Kier molecular flexibility index (Phi) is 7.84. The van der Waals surface area contributed by atoms with Gasteiger partial charge < -0.3 is 40.1 Å². The van der Waals surface area contributed by atoms with E-state index in [0.29, 0.717) is 0 Å². The largest absolute Gasteiger partial charge is 0.490 e. The van der Waals surface area contributed by atoms with E-state index in [1.54, 1.807) is 0 Å². The van der Waals surface area contributed by atoms with Crippen molar-refractivity contribution in [3.8, 4) is 0 Å². The molecule has 0 bridgehead atoms. The maximum absolute atomic E-state index is 14.7. The zero-order valence-electron chi connectivity index (χ0n) is 15.4. The van der Waals surface area contributed by atoms with E-state index in [9.17, 15) is 36.9 Å². The smallest absolute Gasteiger partial charge is 0.387 e. The van der Waals surface area contributed by atoms with Crippen molar-refractivity contribution in [2.75, 3.05) is 6.61 Å². The predicted molar refractivity (Wildman–Crippen MR) is 96.1 cm³/mol. The van der Waals surface area contributed by atoms with Gasteiger partial charge >= 0.3 is 23.5 Å². The second-order valence-corrected chi connectivity index (χ2v) is 10.6. The summed E-state index contributed by atoms with van der Waals surface area (Å²) >= 11 is 0. The SMILES string of the molecule is C=C1N=C(N)C=CN1[C@@H]1O[C@@](COP(=O)(O)OP(=O)(O)OP(=O)(O)O)(C(F)F)[C@@H](O)[C@H]1F. The van der Waals surface area contributed by atoms with Crippen LogP contribution in [-0.4, -0.2) is 72.6 Å². The van der Waals surface area contributed by atoms with E-state index in [2.05, 4.69) is 24.7 Å². The summed E-state index contributed by atoms with van der Waals surface area (Å²) in [7, 11) is -17.5. The van der Waals surface area contributed by atoms with Crippen molar-refractivity contribution >= 4 is 29.3 Å². The lowest BCUT2D eigenvalue weighted by Gasteiger charge is -2.33. The number of aliphatic hydroxyl groups is 1. The van der Waals surface area contributed by atoms with E-state index in [0.717, 1.165) is 17.2 Å². The first-order valence-electron chi connectivity index (χ1n) is 7.95. The van der Waals surface area contributed by atoms with Crippen molar-refractivity contribution in [2.45, 2.75) is 30.5 Å². The van der Waals surface area contributed by atoms with Crippen LogP contribution < -0.4 is 5.73 Å². The number of rotatable bonds is 9. The predicted octanol–water partition coefficient (Wildman–Crippen LogP) is 0.0466. The van der Waals surface area contributed by atoms with Gasteiger partial charge in [-0.15, -0.1) is 0 Å². The summed E-state index contributed by atoms with van der Waals surface area (Å²) in [5, 5.41) is 10.1. The molecule has 0 spiro atoms. The molecule has 2 heterocycles. The Hall–Kier alpha value is -1.13. The number of nitrogens with two attached hydrogens (primary N) is 1. The molecule has 15 nitrogen and oxygen atoms in total. The Morgan fingerprint density at radius 3 is 2.34 bits per heavy atom. The summed E-state index contributed by atoms with van der Waals surface area (Å²) < 4.78 is 91.8. The normalized spacial score (nSPS) is 32.7. The van der Waals surface area contributed by atoms with Gasteiger partial charge in [0.15, 0.2) is 18.0 Å². The first-order chi connectivity index (χ1) is 14.4. The van der Waals surface area contributed by atoms with Crippen LogP contribution in [0.3, 0.4) is 0 Å². The number of aliphatic imine (C=N–C) groups is 1. The minimum absolute atomic E-state index is 0.0621. The van der Waals surface area contributed by atoms with Gasteiger partial charge in [-0.25, -0.2) is 31.9 Å². The fourth-order valence-electron chi connectivity index (χ4n) is 2.56. The Bertz CT molecular complexity index is 959. The number of alkyl halides is 3. The average molecular weight is 533 g/mol. The molecular formula is C11H17F3N3O12P3. The second-order valence-electron chi connectivity index (χ2n) is 6.19. The highest BCUT2D eigenvalue weighted by Crippen LogP contribution is 2.66. The molecule has 0 radical (unpaired) electrons. The first-order valence-corrected chi connectivity index (χ1v) is 12.5. The maximum atomic E-state index is 14.7. The van der Waals surface area contributed by atoms with Crippen LogP contribution in [0.25, 0.3) is 0 Å². The molecule has 2 rings (SSSR count). The van der Waals surface area contributed by atoms with Gasteiger partial charge in [-0.3, -0.25) is 4.52 Å². The second kappa shape index (κ2) is 9.25. The lowest BCUT2D eigenvalue weighted by Crippen LogP contribution is -2.52. The molecule has 21 heteroatoms. The highest BCUT2D eigenvalue weighted by atomic mass is 31.3. The number of halogens is 3. The van der Waals surface area contributed by atoms with Crippen LogP contribution in [0.5, 0.6) is 0 Å². The van der Waals surface area contributed by atoms with E-state index in [-0.39, 0.29) is 11.7 Å². The Morgan fingerprint density at radius 2 is 1.84 bits per heavy atom. The zero-order chi connectivity index (χ0) is 24.7. The molecule has 7 N–H and O–H groups in total. The van der Waals surface area contributed by atoms with Gasteiger partial charge in [-0.05, 0) is 6.08 Å². The van der Waals surface area contributed by atoms with Crippen molar-refractivity contribution in [1.29, 1.82) is 0 Å². The third kappa shape index (κ3) is 6.26. The average Bonchev–Trinajstić information content (AvgIpc) is 2.83. The quantitative estimate of drug-likeness (QED) is 0.215. The topological polar surface area (TPSA) is 231 Å². The lowest BCUT2D eigenvalue weighted by atomic mass is 9.97. The molecule has 6 atom stereocenters. The van der Waals surface area contributed by atoms with Gasteiger partial charge in [0.05, 0.1) is 6.61 Å². The number of phosphoric acid groups is 3. The first kappa shape index (κ1) is 27.1. The van der Waals surface area contributed by atoms with Gasteiger partial charge in [0, 0.05) is 6.20 Å². The van der Waals surface area contributed by atoms with Crippen LogP contribution in [-0.2, 0) is 31.6 Å². The number of aliphatic hydroxyl groups excluding tert-OH is 1. The van der Waals surface area contributed by atoms with Crippen LogP contribution in [0.1, 0.15) is 0 Å². The monoisotopic (exact) mass is 533 g/mol. The van der Waals surface area contributed by atoms with E-state index >= 15 is 0 Å². The molecule has 0 aromatic heterocycles. The standard InChI is InChI=1S/C11H17F3N3O12P3/c1-5-16-6(15)2-3-17(5)9-7(12)8(18)11(27-9,10(13)14)4-26-31(22,23)29-32(24,25)28-30(19,20)21/h2-3,7-10,18H,1,4H2,(H2,15,16)(H,22,23)(H,24,25)(H2,19,20,21)/t7-,8+,9-,11-/m1/s1. The van der Waals surface area contributed by atoms with Crippen LogP contribution in [0, 0.1) is 0 Å². The van der Waals surface area contributed by atoms with Crippen LogP contribution >= 0.6 is 23.5 Å². The summed E-state index contributed by atoms with van der Waals surface area (Å²) in [5.74, 6) is -0.323. The van der Waals surface area contributed by atoms with E-state index in [1.807, 2.05) is 0 Å². The molecule has 0 aromatic carbocycles. The van der Waals surface area contributed by atoms with Gasteiger partial charge in [0.2, 0.25) is 0 Å². The molecule has 184 valence electrons. The summed E-state index contributed by atoms with van der Waals surface area (Å²) in [6.07, 6.45) is -8.81. The molecule has 32 heavy (non-hydrogen) atoms.